The van der Waals surface area contributed by atoms with E-state index in [1.165, 1.54) is 16.4 Å². The number of anilines is 1. The standard InChI is InChI=1S/C22H26ClN3O5S/c23-18-2-1-3-19(16-18)24-8-10-25(11-9-24)22(27)17-31-20-4-6-21(7-5-20)32(28,29)26-12-14-30-15-13-26/h1-7,16H,8-15,17H2. The minimum absolute atomic E-state index is 0.0905. The maximum Gasteiger partial charge on any atom is 0.260 e. The molecule has 1 amide bonds. The third-order valence-corrected chi connectivity index (χ3v) is 7.75. The van der Waals surface area contributed by atoms with Crippen LogP contribution in [-0.2, 0) is 19.6 Å². The molecular formula is C22H26ClN3O5S. The monoisotopic (exact) mass is 479 g/mol. The highest BCUT2D eigenvalue weighted by Crippen LogP contribution is 2.22. The van der Waals surface area contributed by atoms with Crippen LogP contribution in [0.15, 0.2) is 53.4 Å². The van der Waals surface area contributed by atoms with Crippen LogP contribution >= 0.6 is 11.6 Å². The van der Waals surface area contributed by atoms with Gasteiger partial charge in [0.1, 0.15) is 5.75 Å². The summed E-state index contributed by atoms with van der Waals surface area (Å²) in [5, 5.41) is 0.693. The number of piperazine rings is 1. The molecule has 2 heterocycles. The molecule has 2 aromatic carbocycles. The zero-order valence-electron chi connectivity index (χ0n) is 17.7. The molecule has 2 fully saturated rings. The van der Waals surface area contributed by atoms with Crippen LogP contribution < -0.4 is 9.64 Å². The predicted octanol–water partition coefficient (Wildman–Crippen LogP) is 2.09. The lowest BCUT2D eigenvalue weighted by Gasteiger charge is -2.36. The molecule has 0 atom stereocenters. The molecule has 2 aliphatic rings. The SMILES string of the molecule is O=C(COc1ccc(S(=O)(=O)N2CCOCC2)cc1)N1CCN(c2cccc(Cl)c2)CC1. The molecule has 2 aliphatic heterocycles. The maximum absolute atomic E-state index is 12.7. The first kappa shape index (κ1) is 22.8. The Labute approximate surface area is 193 Å². The van der Waals surface area contributed by atoms with Crippen LogP contribution in [0, 0.1) is 0 Å². The normalized spacial score (nSPS) is 17.9. The van der Waals surface area contributed by atoms with E-state index in [4.69, 9.17) is 21.1 Å². The first-order valence-corrected chi connectivity index (χ1v) is 12.3. The fourth-order valence-electron chi connectivity index (χ4n) is 3.77. The number of rotatable bonds is 6. The third-order valence-electron chi connectivity index (χ3n) is 5.60. The molecule has 4 rings (SSSR count). The molecule has 2 saturated heterocycles. The number of benzene rings is 2. The van der Waals surface area contributed by atoms with E-state index in [9.17, 15) is 13.2 Å². The van der Waals surface area contributed by atoms with Crippen LogP contribution in [0.3, 0.4) is 0 Å². The number of carbonyl (C=O) groups is 1. The van der Waals surface area contributed by atoms with Gasteiger partial charge in [-0.15, -0.1) is 0 Å². The van der Waals surface area contributed by atoms with Gasteiger partial charge in [-0.2, -0.15) is 4.31 Å². The number of ether oxygens (including phenoxy) is 2. The van der Waals surface area contributed by atoms with E-state index in [1.807, 2.05) is 24.3 Å². The number of carbonyl (C=O) groups excluding carboxylic acids is 1. The van der Waals surface area contributed by atoms with Crippen molar-refractivity contribution < 1.29 is 22.7 Å². The molecule has 10 heteroatoms. The summed E-state index contributed by atoms with van der Waals surface area (Å²) in [4.78, 5) is 16.7. The highest BCUT2D eigenvalue weighted by atomic mass is 35.5. The van der Waals surface area contributed by atoms with Crippen molar-refractivity contribution in [1.82, 2.24) is 9.21 Å². The Morgan fingerprint density at radius 1 is 0.969 bits per heavy atom. The number of hydrogen-bond acceptors (Lipinski definition) is 6. The summed E-state index contributed by atoms with van der Waals surface area (Å²) in [6.45, 7) is 4.05. The van der Waals surface area contributed by atoms with E-state index in [0.717, 1.165) is 18.8 Å². The molecule has 0 spiro atoms. The lowest BCUT2D eigenvalue weighted by molar-refractivity contribution is -0.133. The van der Waals surface area contributed by atoms with Gasteiger partial charge in [0.15, 0.2) is 6.61 Å². The van der Waals surface area contributed by atoms with Gasteiger partial charge < -0.3 is 19.3 Å². The average Bonchev–Trinajstić information content (AvgIpc) is 2.83. The van der Waals surface area contributed by atoms with Gasteiger partial charge in [0, 0.05) is 50.0 Å². The summed E-state index contributed by atoms with van der Waals surface area (Å²) in [6, 6.07) is 13.9. The van der Waals surface area contributed by atoms with Crippen LogP contribution in [0.5, 0.6) is 5.75 Å². The number of morpholine rings is 1. The van der Waals surface area contributed by atoms with E-state index in [2.05, 4.69) is 4.90 Å². The summed E-state index contributed by atoms with van der Waals surface area (Å²) < 4.78 is 37.6. The minimum Gasteiger partial charge on any atom is -0.484 e. The van der Waals surface area contributed by atoms with E-state index in [1.54, 1.807) is 17.0 Å². The summed E-state index contributed by atoms with van der Waals surface area (Å²) >= 11 is 6.07. The van der Waals surface area contributed by atoms with Gasteiger partial charge in [0.2, 0.25) is 10.0 Å². The van der Waals surface area contributed by atoms with E-state index in [-0.39, 0.29) is 17.4 Å². The molecular weight excluding hydrogens is 454 g/mol. The van der Waals surface area contributed by atoms with Crippen LogP contribution in [-0.4, -0.2) is 82.6 Å². The van der Waals surface area contributed by atoms with Crippen molar-refractivity contribution >= 4 is 33.2 Å². The highest BCUT2D eigenvalue weighted by Gasteiger charge is 2.26. The zero-order valence-corrected chi connectivity index (χ0v) is 19.2. The Morgan fingerprint density at radius 2 is 1.66 bits per heavy atom. The molecule has 0 bridgehead atoms. The summed E-state index contributed by atoms with van der Waals surface area (Å²) in [5.41, 5.74) is 1.05. The van der Waals surface area contributed by atoms with Crippen molar-refractivity contribution in [2.24, 2.45) is 0 Å². The molecule has 8 nitrogen and oxygen atoms in total. The van der Waals surface area contributed by atoms with Crippen molar-refractivity contribution in [1.29, 1.82) is 0 Å². The Bertz CT molecular complexity index is 1030. The Kier molecular flexibility index (Phi) is 7.20. The van der Waals surface area contributed by atoms with E-state index in [0.29, 0.717) is 50.2 Å². The summed E-state index contributed by atoms with van der Waals surface area (Å²) in [6.07, 6.45) is 0. The van der Waals surface area contributed by atoms with Crippen molar-refractivity contribution in [2.45, 2.75) is 4.90 Å². The maximum atomic E-state index is 12.7. The van der Waals surface area contributed by atoms with Gasteiger partial charge in [-0.25, -0.2) is 8.42 Å². The molecule has 0 aromatic heterocycles. The van der Waals surface area contributed by atoms with Crippen molar-refractivity contribution in [2.75, 3.05) is 64.0 Å². The molecule has 0 aliphatic carbocycles. The van der Waals surface area contributed by atoms with Gasteiger partial charge in [-0.05, 0) is 42.5 Å². The van der Waals surface area contributed by atoms with Gasteiger partial charge in [-0.3, -0.25) is 4.79 Å². The fraction of sp³-hybridized carbons (Fsp3) is 0.409. The topological polar surface area (TPSA) is 79.4 Å². The smallest absolute Gasteiger partial charge is 0.260 e. The first-order valence-electron chi connectivity index (χ1n) is 10.5. The van der Waals surface area contributed by atoms with E-state index < -0.39 is 10.0 Å². The van der Waals surface area contributed by atoms with E-state index >= 15 is 0 Å². The van der Waals surface area contributed by atoms with Crippen LogP contribution in [0.25, 0.3) is 0 Å². The molecule has 32 heavy (non-hydrogen) atoms. The largest absolute Gasteiger partial charge is 0.484 e. The van der Waals surface area contributed by atoms with Gasteiger partial charge >= 0.3 is 0 Å². The number of hydrogen-bond donors (Lipinski definition) is 0. The summed E-state index contributed by atoms with van der Waals surface area (Å²) in [7, 11) is -3.55. The number of halogens is 1. The van der Waals surface area contributed by atoms with Crippen LogP contribution in [0.4, 0.5) is 5.69 Å². The summed E-state index contributed by atoms with van der Waals surface area (Å²) in [5.74, 6) is 0.359. The van der Waals surface area contributed by atoms with Crippen LogP contribution in [0.2, 0.25) is 5.02 Å². The number of amides is 1. The zero-order chi connectivity index (χ0) is 22.6. The highest BCUT2D eigenvalue weighted by molar-refractivity contribution is 7.89. The Morgan fingerprint density at radius 3 is 2.31 bits per heavy atom. The quantitative estimate of drug-likeness (QED) is 0.631. The Balaban J connectivity index is 1.27. The molecule has 0 radical (unpaired) electrons. The third kappa shape index (κ3) is 5.35. The second-order valence-electron chi connectivity index (χ2n) is 7.62. The molecule has 2 aromatic rings. The lowest BCUT2D eigenvalue weighted by atomic mass is 10.2. The van der Waals surface area contributed by atoms with Crippen LogP contribution in [0.1, 0.15) is 0 Å². The molecule has 0 N–H and O–H groups in total. The Hall–Kier alpha value is -2.33. The fourth-order valence-corrected chi connectivity index (χ4v) is 5.36. The van der Waals surface area contributed by atoms with Gasteiger partial charge in [0.25, 0.3) is 5.91 Å². The minimum atomic E-state index is -3.55. The molecule has 0 saturated carbocycles. The second kappa shape index (κ2) is 10.1. The van der Waals surface area contributed by atoms with Gasteiger partial charge in [-0.1, -0.05) is 17.7 Å². The van der Waals surface area contributed by atoms with Crippen molar-refractivity contribution in [3.8, 4) is 5.75 Å². The first-order chi connectivity index (χ1) is 15.4. The van der Waals surface area contributed by atoms with Gasteiger partial charge in [0.05, 0.1) is 18.1 Å². The second-order valence-corrected chi connectivity index (χ2v) is 10.00. The number of nitrogens with zero attached hydrogens (tertiary/aromatic N) is 3. The lowest BCUT2D eigenvalue weighted by Crippen LogP contribution is -2.50. The molecule has 172 valence electrons. The van der Waals surface area contributed by atoms with Crippen molar-refractivity contribution in [3.05, 3.63) is 53.6 Å². The average molecular weight is 480 g/mol. The predicted molar refractivity (Wildman–Crippen MR) is 122 cm³/mol. The number of sulfonamides is 1. The van der Waals surface area contributed by atoms with Crippen molar-refractivity contribution in [3.63, 3.8) is 0 Å². The molecule has 0 unspecified atom stereocenters.